The van der Waals surface area contributed by atoms with Crippen LogP contribution in [0.1, 0.15) is 78.6 Å². The van der Waals surface area contributed by atoms with Crippen LogP contribution in [0.15, 0.2) is 0 Å². The van der Waals surface area contributed by atoms with Gasteiger partial charge >= 0.3 is 0 Å². The Hall–Kier alpha value is -0.0800. The van der Waals surface area contributed by atoms with E-state index in [-0.39, 0.29) is 5.60 Å². The van der Waals surface area contributed by atoms with Crippen molar-refractivity contribution in [1.29, 1.82) is 0 Å². The highest BCUT2D eigenvalue weighted by Gasteiger charge is 2.20. The van der Waals surface area contributed by atoms with Crippen LogP contribution in [0.25, 0.3) is 0 Å². The molecule has 0 aliphatic heterocycles. The number of rotatable bonds is 9. The third-order valence-corrected chi connectivity index (χ3v) is 4.79. The molecule has 0 bridgehead atoms. The van der Waals surface area contributed by atoms with E-state index in [0.717, 1.165) is 18.9 Å². The van der Waals surface area contributed by atoms with E-state index in [4.69, 9.17) is 4.74 Å². The number of hydrogen-bond acceptors (Lipinski definition) is 2. The summed E-state index contributed by atoms with van der Waals surface area (Å²) in [6.07, 6.45) is 12.5. The average Bonchev–Trinajstić information content (AvgIpc) is 2.43. The summed E-state index contributed by atoms with van der Waals surface area (Å²) >= 11 is 0. The van der Waals surface area contributed by atoms with Gasteiger partial charge in [0.05, 0.1) is 5.60 Å². The first-order valence-electron chi connectivity index (χ1n) is 8.36. The van der Waals surface area contributed by atoms with Gasteiger partial charge < -0.3 is 10.1 Å². The normalized spacial score (nSPS) is 19.6. The molecule has 1 atom stereocenters. The molecular formula is C17H35NO. The van der Waals surface area contributed by atoms with Gasteiger partial charge in [-0.15, -0.1) is 0 Å². The summed E-state index contributed by atoms with van der Waals surface area (Å²) in [5, 5.41) is 3.66. The Labute approximate surface area is 120 Å². The molecule has 2 nitrogen and oxygen atoms in total. The molecule has 0 aromatic heterocycles. The summed E-state index contributed by atoms with van der Waals surface area (Å²) in [4.78, 5) is 0. The summed E-state index contributed by atoms with van der Waals surface area (Å²) in [5.74, 6) is 1.00. The van der Waals surface area contributed by atoms with Crippen molar-refractivity contribution < 1.29 is 4.74 Å². The molecule has 114 valence electrons. The zero-order chi connectivity index (χ0) is 14.1. The average molecular weight is 269 g/mol. The van der Waals surface area contributed by atoms with E-state index in [1.165, 1.54) is 51.4 Å². The molecule has 1 N–H and O–H groups in total. The molecule has 1 fully saturated rings. The van der Waals surface area contributed by atoms with Crippen LogP contribution in [0.3, 0.4) is 0 Å². The van der Waals surface area contributed by atoms with E-state index in [2.05, 4.69) is 26.1 Å². The lowest BCUT2D eigenvalue weighted by Gasteiger charge is -2.28. The molecule has 1 unspecified atom stereocenters. The number of methoxy groups -OCH3 is 1. The summed E-state index contributed by atoms with van der Waals surface area (Å²) in [6.45, 7) is 7.69. The number of hydrogen-bond donors (Lipinski definition) is 1. The van der Waals surface area contributed by atoms with Crippen LogP contribution in [-0.2, 0) is 4.74 Å². The van der Waals surface area contributed by atoms with Crippen LogP contribution >= 0.6 is 0 Å². The molecule has 0 aromatic carbocycles. The predicted molar refractivity (Wildman–Crippen MR) is 83.6 cm³/mol. The van der Waals surface area contributed by atoms with Crippen molar-refractivity contribution in [3.63, 3.8) is 0 Å². The second-order valence-corrected chi connectivity index (χ2v) is 6.84. The van der Waals surface area contributed by atoms with Gasteiger partial charge in [-0.05, 0) is 52.0 Å². The third-order valence-electron chi connectivity index (χ3n) is 4.79. The Morgan fingerprint density at radius 3 is 2.42 bits per heavy atom. The van der Waals surface area contributed by atoms with Crippen LogP contribution in [0, 0.1) is 5.92 Å². The van der Waals surface area contributed by atoms with Gasteiger partial charge in [0.25, 0.3) is 0 Å². The first-order chi connectivity index (χ1) is 9.07. The largest absolute Gasteiger partial charge is 0.379 e. The maximum atomic E-state index is 5.53. The molecular weight excluding hydrogens is 234 g/mol. The molecule has 1 saturated carbocycles. The maximum Gasteiger partial charge on any atom is 0.0623 e. The molecule has 1 aliphatic rings. The molecule has 0 amide bonds. The molecule has 0 spiro atoms. The highest BCUT2D eigenvalue weighted by molar-refractivity contribution is 4.76. The number of nitrogens with one attached hydrogen (secondary N) is 1. The van der Waals surface area contributed by atoms with Gasteiger partial charge in [0.2, 0.25) is 0 Å². The zero-order valence-corrected chi connectivity index (χ0v) is 13.6. The fourth-order valence-electron chi connectivity index (χ4n) is 3.17. The lowest BCUT2D eigenvalue weighted by molar-refractivity contribution is 0.0114. The van der Waals surface area contributed by atoms with Gasteiger partial charge in [-0.3, -0.25) is 0 Å². The summed E-state index contributed by atoms with van der Waals surface area (Å²) in [7, 11) is 1.82. The standard InChI is InChI=1S/C17H35NO/c1-5-18-16(13-14-17(2,3)19-4)12-11-15-9-7-6-8-10-15/h15-16,18H,5-14H2,1-4H3. The summed E-state index contributed by atoms with van der Waals surface area (Å²) < 4.78 is 5.53. The van der Waals surface area contributed by atoms with Crippen molar-refractivity contribution in [2.75, 3.05) is 13.7 Å². The van der Waals surface area contributed by atoms with Crippen LogP contribution in [0.2, 0.25) is 0 Å². The Kier molecular flexibility index (Phi) is 8.01. The van der Waals surface area contributed by atoms with Gasteiger partial charge in [-0.25, -0.2) is 0 Å². The van der Waals surface area contributed by atoms with Crippen molar-refractivity contribution in [2.24, 2.45) is 5.92 Å². The molecule has 0 heterocycles. The minimum Gasteiger partial charge on any atom is -0.379 e. The van der Waals surface area contributed by atoms with Crippen molar-refractivity contribution in [3.8, 4) is 0 Å². The van der Waals surface area contributed by atoms with E-state index >= 15 is 0 Å². The molecule has 1 rings (SSSR count). The van der Waals surface area contributed by atoms with Crippen LogP contribution in [-0.4, -0.2) is 25.3 Å². The van der Waals surface area contributed by atoms with E-state index in [1.807, 2.05) is 7.11 Å². The SMILES string of the molecule is CCNC(CCC1CCCCC1)CCC(C)(C)OC. The zero-order valence-electron chi connectivity index (χ0n) is 13.6. The minimum absolute atomic E-state index is 0.0263. The van der Waals surface area contributed by atoms with Gasteiger partial charge in [-0.2, -0.15) is 0 Å². The lowest BCUT2D eigenvalue weighted by atomic mass is 9.84. The Balaban J connectivity index is 2.26. The van der Waals surface area contributed by atoms with E-state index < -0.39 is 0 Å². The van der Waals surface area contributed by atoms with Crippen molar-refractivity contribution >= 4 is 0 Å². The van der Waals surface area contributed by atoms with Crippen molar-refractivity contribution in [3.05, 3.63) is 0 Å². The molecule has 0 radical (unpaired) electrons. The predicted octanol–water partition coefficient (Wildman–Crippen LogP) is 4.53. The number of ether oxygens (including phenoxy) is 1. The van der Waals surface area contributed by atoms with Crippen molar-refractivity contribution in [2.45, 2.75) is 90.2 Å². The highest BCUT2D eigenvalue weighted by Crippen LogP contribution is 2.28. The maximum absolute atomic E-state index is 5.53. The van der Waals surface area contributed by atoms with E-state index in [1.54, 1.807) is 0 Å². The van der Waals surface area contributed by atoms with Gasteiger partial charge in [-0.1, -0.05) is 39.0 Å². The van der Waals surface area contributed by atoms with Crippen LogP contribution < -0.4 is 5.32 Å². The molecule has 0 aromatic rings. The van der Waals surface area contributed by atoms with Gasteiger partial charge in [0.1, 0.15) is 0 Å². The van der Waals surface area contributed by atoms with Crippen LogP contribution in [0.4, 0.5) is 0 Å². The Morgan fingerprint density at radius 1 is 1.16 bits per heavy atom. The van der Waals surface area contributed by atoms with Gasteiger partial charge in [0, 0.05) is 13.2 Å². The van der Waals surface area contributed by atoms with E-state index in [0.29, 0.717) is 6.04 Å². The molecule has 0 saturated heterocycles. The van der Waals surface area contributed by atoms with Crippen molar-refractivity contribution in [1.82, 2.24) is 5.32 Å². The van der Waals surface area contributed by atoms with E-state index in [9.17, 15) is 0 Å². The highest BCUT2D eigenvalue weighted by atomic mass is 16.5. The fourth-order valence-corrected chi connectivity index (χ4v) is 3.17. The topological polar surface area (TPSA) is 21.3 Å². The molecule has 2 heteroatoms. The van der Waals surface area contributed by atoms with Crippen LogP contribution in [0.5, 0.6) is 0 Å². The second-order valence-electron chi connectivity index (χ2n) is 6.84. The third kappa shape index (κ3) is 7.31. The Bertz CT molecular complexity index is 221. The quantitative estimate of drug-likeness (QED) is 0.664. The minimum atomic E-state index is 0.0263. The second kappa shape index (κ2) is 8.97. The summed E-state index contributed by atoms with van der Waals surface area (Å²) in [6, 6.07) is 0.682. The van der Waals surface area contributed by atoms with Gasteiger partial charge in [0.15, 0.2) is 0 Å². The lowest BCUT2D eigenvalue weighted by Crippen LogP contribution is -2.33. The molecule has 1 aliphatic carbocycles. The molecule has 19 heavy (non-hydrogen) atoms. The first kappa shape index (κ1) is 17.0. The summed E-state index contributed by atoms with van der Waals surface area (Å²) in [5.41, 5.74) is 0.0263. The smallest absolute Gasteiger partial charge is 0.0623 e. The first-order valence-corrected chi connectivity index (χ1v) is 8.36. The fraction of sp³-hybridized carbons (Fsp3) is 1.00. The Morgan fingerprint density at radius 2 is 1.84 bits per heavy atom. The monoisotopic (exact) mass is 269 g/mol.